The summed E-state index contributed by atoms with van der Waals surface area (Å²) in [6.45, 7) is 3.25. The van der Waals surface area contributed by atoms with Gasteiger partial charge in [-0.15, -0.1) is 0 Å². The second kappa shape index (κ2) is 8.32. The van der Waals surface area contributed by atoms with Crippen molar-refractivity contribution in [3.63, 3.8) is 0 Å². The van der Waals surface area contributed by atoms with E-state index < -0.39 is 22.9 Å². The number of aromatic nitrogens is 1. The van der Waals surface area contributed by atoms with Crippen molar-refractivity contribution < 1.29 is 19.2 Å². The predicted molar refractivity (Wildman–Crippen MR) is 109 cm³/mol. The van der Waals surface area contributed by atoms with Crippen LogP contribution in [0.5, 0.6) is 0 Å². The maximum absolute atomic E-state index is 12.3. The number of nitrogens with one attached hydrogen (secondary N) is 1. The lowest BCUT2D eigenvalue weighted by Crippen LogP contribution is -2.31. The Labute approximate surface area is 171 Å². The molecule has 3 rings (SSSR count). The van der Waals surface area contributed by atoms with E-state index in [1.165, 1.54) is 19.1 Å². The molecule has 1 unspecified atom stereocenters. The Kier molecular flexibility index (Phi) is 5.84. The highest BCUT2D eigenvalue weighted by Crippen LogP contribution is 2.27. The smallest absolute Gasteiger partial charge is 0.326 e. The van der Waals surface area contributed by atoms with Gasteiger partial charge in [0.05, 0.1) is 15.6 Å². The minimum Gasteiger partial charge on any atom is -0.451 e. The number of carbonyl (C=O) groups excluding carboxylic acids is 2. The maximum Gasteiger partial charge on any atom is 0.326 e. The fourth-order valence-corrected chi connectivity index (χ4v) is 3.10. The first-order valence-corrected chi connectivity index (χ1v) is 9.13. The van der Waals surface area contributed by atoms with Crippen LogP contribution in [-0.2, 0) is 20.9 Å². The van der Waals surface area contributed by atoms with Gasteiger partial charge in [-0.25, -0.2) is 0 Å². The molecule has 0 fully saturated rings. The Morgan fingerprint density at radius 3 is 2.69 bits per heavy atom. The van der Waals surface area contributed by atoms with Crippen LogP contribution in [0.3, 0.4) is 0 Å². The van der Waals surface area contributed by atoms with E-state index in [1.54, 1.807) is 4.57 Å². The van der Waals surface area contributed by atoms with E-state index in [9.17, 15) is 19.7 Å². The molecule has 3 aromatic rings. The summed E-state index contributed by atoms with van der Waals surface area (Å²) in [6.07, 6.45) is -1.11. The zero-order chi connectivity index (χ0) is 21.1. The van der Waals surface area contributed by atoms with Gasteiger partial charge in [0.15, 0.2) is 6.10 Å². The molecule has 0 saturated heterocycles. The summed E-state index contributed by atoms with van der Waals surface area (Å²) in [5.41, 5.74) is 1.64. The Balaban J connectivity index is 1.66. The number of halogens is 1. The van der Waals surface area contributed by atoms with E-state index in [1.807, 2.05) is 37.3 Å². The van der Waals surface area contributed by atoms with Crippen molar-refractivity contribution in [2.75, 3.05) is 5.32 Å². The summed E-state index contributed by atoms with van der Waals surface area (Å²) >= 11 is 5.97. The third-order valence-electron chi connectivity index (χ3n) is 4.40. The van der Waals surface area contributed by atoms with Crippen LogP contribution in [-0.4, -0.2) is 27.5 Å². The number of ether oxygens (including phenoxy) is 1. The van der Waals surface area contributed by atoms with Crippen LogP contribution in [0.15, 0.2) is 48.5 Å². The molecule has 150 valence electrons. The molecule has 0 saturated carbocycles. The fourth-order valence-electron chi connectivity index (χ4n) is 2.93. The lowest BCUT2D eigenvalue weighted by atomic mass is 10.2. The second-order valence-corrected chi connectivity index (χ2v) is 6.88. The predicted octanol–water partition coefficient (Wildman–Crippen LogP) is 4.08. The van der Waals surface area contributed by atoms with Gasteiger partial charge in [0.25, 0.3) is 11.6 Å². The Hall–Kier alpha value is -3.39. The molecule has 0 bridgehead atoms. The van der Waals surface area contributed by atoms with Gasteiger partial charge in [-0.2, -0.15) is 0 Å². The highest BCUT2D eigenvalue weighted by Gasteiger charge is 2.21. The number of nitrogens with zero attached hydrogens (tertiary/aromatic N) is 2. The summed E-state index contributed by atoms with van der Waals surface area (Å²) in [6, 6.07) is 13.3. The molecule has 0 aliphatic rings. The molecule has 1 N–H and O–H groups in total. The highest BCUT2D eigenvalue weighted by molar-refractivity contribution is 6.33. The Morgan fingerprint density at radius 2 is 1.97 bits per heavy atom. The van der Waals surface area contributed by atoms with Crippen LogP contribution in [0.25, 0.3) is 10.9 Å². The quantitative estimate of drug-likeness (QED) is 0.371. The first kappa shape index (κ1) is 20.3. The van der Waals surface area contributed by atoms with E-state index in [0.29, 0.717) is 0 Å². The van der Waals surface area contributed by atoms with Crippen molar-refractivity contribution in [1.82, 2.24) is 4.57 Å². The molecule has 0 aliphatic heterocycles. The van der Waals surface area contributed by atoms with E-state index in [2.05, 4.69) is 5.32 Å². The number of carbonyl (C=O) groups is 2. The number of rotatable bonds is 6. The monoisotopic (exact) mass is 415 g/mol. The van der Waals surface area contributed by atoms with E-state index in [4.69, 9.17) is 16.3 Å². The van der Waals surface area contributed by atoms with Crippen LogP contribution < -0.4 is 5.32 Å². The first-order chi connectivity index (χ1) is 13.8. The van der Waals surface area contributed by atoms with E-state index >= 15 is 0 Å². The summed E-state index contributed by atoms with van der Waals surface area (Å²) in [5, 5.41) is 14.5. The number of esters is 1. The number of hydrogen-bond acceptors (Lipinski definition) is 5. The minimum atomic E-state index is -1.11. The molecule has 0 aliphatic carbocycles. The van der Waals surface area contributed by atoms with Crippen molar-refractivity contribution in [1.29, 1.82) is 0 Å². The molecular formula is C20H18ClN3O5. The van der Waals surface area contributed by atoms with E-state index in [0.717, 1.165) is 22.7 Å². The Morgan fingerprint density at radius 1 is 1.24 bits per heavy atom. The molecule has 1 heterocycles. The molecule has 1 atom stereocenters. The average Bonchev–Trinajstić information content (AvgIpc) is 2.98. The summed E-state index contributed by atoms with van der Waals surface area (Å²) in [5.74, 6) is -1.22. The van der Waals surface area contributed by atoms with Crippen LogP contribution >= 0.6 is 11.6 Å². The molecule has 9 heteroatoms. The number of fused-ring (bicyclic) bond motifs is 1. The van der Waals surface area contributed by atoms with Gasteiger partial charge >= 0.3 is 5.97 Å². The number of non-ortho nitro benzene ring substituents is 1. The van der Waals surface area contributed by atoms with Crippen LogP contribution in [0.4, 0.5) is 11.4 Å². The first-order valence-electron chi connectivity index (χ1n) is 8.75. The van der Waals surface area contributed by atoms with E-state index in [-0.39, 0.29) is 22.9 Å². The number of aryl methyl sites for hydroxylation is 1. The van der Waals surface area contributed by atoms with Crippen molar-refractivity contribution >= 4 is 45.8 Å². The topological polar surface area (TPSA) is 103 Å². The normalized spacial score (nSPS) is 11.8. The molecule has 2 aromatic carbocycles. The zero-order valence-corrected chi connectivity index (χ0v) is 16.5. The molecule has 1 aromatic heterocycles. The zero-order valence-electron chi connectivity index (χ0n) is 15.7. The maximum atomic E-state index is 12.3. The van der Waals surface area contributed by atoms with Gasteiger partial charge in [-0.05, 0) is 37.4 Å². The molecule has 0 radical (unpaired) electrons. The molecular weight excluding hydrogens is 398 g/mol. The molecule has 0 spiro atoms. The molecule has 8 nitrogen and oxygen atoms in total. The van der Waals surface area contributed by atoms with Crippen molar-refractivity contribution in [2.45, 2.75) is 26.5 Å². The van der Waals surface area contributed by atoms with Crippen LogP contribution in [0, 0.1) is 17.0 Å². The van der Waals surface area contributed by atoms with Gasteiger partial charge in [0.1, 0.15) is 6.54 Å². The van der Waals surface area contributed by atoms with Crippen molar-refractivity contribution in [3.8, 4) is 0 Å². The third kappa shape index (κ3) is 4.55. The number of para-hydroxylation sites is 1. The van der Waals surface area contributed by atoms with Gasteiger partial charge in [-0.1, -0.05) is 29.8 Å². The largest absolute Gasteiger partial charge is 0.451 e. The fraction of sp³-hybridized carbons (Fsp3) is 0.200. The summed E-state index contributed by atoms with van der Waals surface area (Å²) in [4.78, 5) is 35.0. The number of benzene rings is 2. The minimum absolute atomic E-state index is 0.0471. The van der Waals surface area contributed by atoms with Crippen molar-refractivity contribution in [3.05, 3.63) is 69.4 Å². The van der Waals surface area contributed by atoms with Gasteiger partial charge in [-0.3, -0.25) is 19.7 Å². The second-order valence-electron chi connectivity index (χ2n) is 6.47. The lowest BCUT2D eigenvalue weighted by Gasteiger charge is -2.15. The number of nitro groups is 1. The highest BCUT2D eigenvalue weighted by atomic mass is 35.5. The van der Waals surface area contributed by atoms with Gasteiger partial charge < -0.3 is 14.6 Å². The van der Waals surface area contributed by atoms with Gasteiger partial charge in [0, 0.05) is 23.3 Å². The van der Waals surface area contributed by atoms with Crippen molar-refractivity contribution in [2.24, 2.45) is 0 Å². The average molecular weight is 416 g/mol. The number of anilines is 1. The molecule has 1 amide bonds. The SMILES string of the molecule is Cc1cc2ccccc2n1CC(=O)OC(C)C(=O)Nc1cc([N+](=O)[O-])ccc1Cl. The number of nitro benzene ring substituents is 1. The Bertz CT molecular complexity index is 1110. The number of amides is 1. The van der Waals surface area contributed by atoms with Gasteiger partial charge in [0.2, 0.25) is 0 Å². The lowest BCUT2D eigenvalue weighted by molar-refractivity contribution is -0.384. The molecule has 29 heavy (non-hydrogen) atoms. The third-order valence-corrected chi connectivity index (χ3v) is 4.73. The standard InChI is InChI=1S/C20H18ClN3O5/c1-12-9-14-5-3-4-6-18(14)23(12)11-19(25)29-13(2)20(26)22-17-10-15(24(27)28)7-8-16(17)21/h3-10,13H,11H2,1-2H3,(H,22,26). The number of hydrogen-bond donors (Lipinski definition) is 1. The van der Waals surface area contributed by atoms with Crippen LogP contribution in [0.1, 0.15) is 12.6 Å². The summed E-state index contributed by atoms with van der Waals surface area (Å²) < 4.78 is 7.04. The summed E-state index contributed by atoms with van der Waals surface area (Å²) in [7, 11) is 0. The van der Waals surface area contributed by atoms with Crippen LogP contribution in [0.2, 0.25) is 5.02 Å².